The van der Waals surface area contributed by atoms with Gasteiger partial charge in [-0.1, -0.05) is 30.0 Å². The normalized spacial score (nSPS) is 11.1. The highest BCUT2D eigenvalue weighted by Gasteiger charge is 2.13. The summed E-state index contributed by atoms with van der Waals surface area (Å²) in [6.07, 6.45) is 3.12. The molecular weight excluding hydrogens is 346 g/mol. The van der Waals surface area contributed by atoms with Crippen LogP contribution in [-0.4, -0.2) is 25.3 Å². The fourth-order valence-corrected chi connectivity index (χ4v) is 2.72. The molecule has 0 radical (unpaired) electrons. The number of benzene rings is 2. The van der Waals surface area contributed by atoms with E-state index in [2.05, 4.69) is 0 Å². The maximum absolute atomic E-state index is 12.5. The van der Waals surface area contributed by atoms with Crippen LogP contribution in [0.3, 0.4) is 0 Å². The molecule has 0 spiro atoms. The maximum atomic E-state index is 12.5. The molecule has 2 aromatic rings. The Kier molecular flexibility index (Phi) is 7.01. The lowest BCUT2D eigenvalue weighted by atomic mass is 10.1. The predicted octanol–water partition coefficient (Wildman–Crippen LogP) is 5.30. The number of halogens is 2. The van der Waals surface area contributed by atoms with Crippen LogP contribution in [0.2, 0.25) is 0 Å². The molecule has 25 heavy (non-hydrogen) atoms. The van der Waals surface area contributed by atoms with Gasteiger partial charge in [0.05, 0.1) is 18.6 Å². The van der Waals surface area contributed by atoms with Crippen LogP contribution in [-0.2, 0) is 0 Å². The molecule has 6 heteroatoms. The number of alkyl halides is 2. The summed E-state index contributed by atoms with van der Waals surface area (Å²) in [5, 5.41) is 0. The van der Waals surface area contributed by atoms with Crippen molar-refractivity contribution >= 4 is 23.6 Å². The monoisotopic (exact) mass is 364 g/mol. The van der Waals surface area contributed by atoms with Crippen molar-refractivity contribution in [1.29, 1.82) is 0 Å². The van der Waals surface area contributed by atoms with E-state index in [1.165, 1.54) is 31.4 Å². The van der Waals surface area contributed by atoms with Crippen LogP contribution in [0.25, 0.3) is 6.08 Å². The lowest BCUT2D eigenvalue weighted by Crippen LogP contribution is -1.97. The predicted molar refractivity (Wildman–Crippen MR) is 95.8 cm³/mol. The summed E-state index contributed by atoms with van der Waals surface area (Å²) in [6, 6.07) is 11.8. The van der Waals surface area contributed by atoms with E-state index in [0.29, 0.717) is 28.8 Å². The Morgan fingerprint density at radius 3 is 2.52 bits per heavy atom. The summed E-state index contributed by atoms with van der Waals surface area (Å²) in [5.74, 6) is -1.76. The lowest BCUT2D eigenvalue weighted by Gasteiger charge is -2.08. The number of allylic oxidation sites excluding steroid dienone is 1. The van der Waals surface area contributed by atoms with Crippen molar-refractivity contribution in [2.24, 2.45) is 0 Å². The summed E-state index contributed by atoms with van der Waals surface area (Å²) in [7, 11) is 1.38. The van der Waals surface area contributed by atoms with Crippen LogP contribution < -0.4 is 9.47 Å². The Labute approximate surface area is 149 Å². The fraction of sp³-hybridized carbons (Fsp3) is 0.211. The Hall–Kier alpha value is -2.34. The van der Waals surface area contributed by atoms with Gasteiger partial charge in [0.1, 0.15) is 11.5 Å². The minimum atomic E-state index is -2.55. The third kappa shape index (κ3) is 5.60. The molecule has 0 saturated carbocycles. The molecule has 0 bridgehead atoms. The summed E-state index contributed by atoms with van der Waals surface area (Å²) in [5.41, 5.74) is 1.23. The topological polar surface area (TPSA) is 35.5 Å². The van der Waals surface area contributed by atoms with Gasteiger partial charge in [-0.2, -0.15) is 8.78 Å². The molecule has 3 nitrogen and oxygen atoms in total. The molecule has 0 atom stereocenters. The van der Waals surface area contributed by atoms with Crippen molar-refractivity contribution in [3.05, 3.63) is 59.7 Å². The van der Waals surface area contributed by atoms with E-state index in [-0.39, 0.29) is 11.5 Å². The van der Waals surface area contributed by atoms with Gasteiger partial charge in [0.25, 0.3) is 5.76 Å². The molecule has 0 N–H and O–H groups in total. The number of methoxy groups -OCH3 is 1. The molecule has 2 aromatic carbocycles. The van der Waals surface area contributed by atoms with E-state index in [1.807, 2.05) is 31.2 Å². The van der Waals surface area contributed by atoms with E-state index >= 15 is 0 Å². The zero-order valence-corrected chi connectivity index (χ0v) is 14.7. The maximum Gasteiger partial charge on any atom is 0.289 e. The van der Waals surface area contributed by atoms with E-state index in [1.54, 1.807) is 6.08 Å². The van der Waals surface area contributed by atoms with Gasteiger partial charge >= 0.3 is 0 Å². The number of thioether (sulfide) groups is 1. The molecule has 0 heterocycles. The Morgan fingerprint density at radius 2 is 1.92 bits per heavy atom. The van der Waals surface area contributed by atoms with Crippen LogP contribution in [0.4, 0.5) is 8.78 Å². The van der Waals surface area contributed by atoms with Crippen LogP contribution in [0.5, 0.6) is 11.5 Å². The highest BCUT2D eigenvalue weighted by Crippen LogP contribution is 2.34. The second-order valence-electron chi connectivity index (χ2n) is 4.94. The highest BCUT2D eigenvalue weighted by atomic mass is 32.2. The van der Waals surface area contributed by atoms with E-state index in [4.69, 9.17) is 9.47 Å². The standard InChI is InChI=1S/C19H18F2O3S/c1-3-24-15-8-4-13(5-9-15)6-10-16(22)14-7-11-18(25-19(20)21)17(12-14)23-2/h4-12,19H,3H2,1-2H3/b10-6+. The molecule has 0 aliphatic carbocycles. The SMILES string of the molecule is CCOc1ccc(/C=C/C(=O)c2ccc(SC(F)F)c(OC)c2)cc1. The lowest BCUT2D eigenvalue weighted by molar-refractivity contribution is 0.104. The Morgan fingerprint density at radius 1 is 1.20 bits per heavy atom. The number of rotatable bonds is 8. The van der Waals surface area contributed by atoms with Gasteiger partial charge in [0.2, 0.25) is 0 Å². The van der Waals surface area contributed by atoms with Gasteiger partial charge in [-0.3, -0.25) is 4.79 Å². The molecule has 0 aromatic heterocycles. The van der Waals surface area contributed by atoms with Crippen molar-refractivity contribution in [2.45, 2.75) is 17.6 Å². The van der Waals surface area contributed by atoms with E-state index in [9.17, 15) is 13.6 Å². The van der Waals surface area contributed by atoms with E-state index < -0.39 is 5.76 Å². The van der Waals surface area contributed by atoms with Gasteiger partial charge in [-0.15, -0.1) is 0 Å². The van der Waals surface area contributed by atoms with Gasteiger partial charge in [-0.05, 0) is 48.9 Å². The largest absolute Gasteiger partial charge is 0.496 e. The van der Waals surface area contributed by atoms with Gasteiger partial charge in [-0.25, -0.2) is 0 Å². The average molecular weight is 364 g/mol. The first kappa shape index (κ1) is 19.0. The van der Waals surface area contributed by atoms with Gasteiger partial charge < -0.3 is 9.47 Å². The third-order valence-electron chi connectivity index (χ3n) is 3.28. The minimum Gasteiger partial charge on any atom is -0.496 e. The van der Waals surface area contributed by atoms with Crippen molar-refractivity contribution in [3.63, 3.8) is 0 Å². The van der Waals surface area contributed by atoms with Crippen molar-refractivity contribution in [2.75, 3.05) is 13.7 Å². The number of ether oxygens (including phenoxy) is 2. The molecule has 0 saturated heterocycles. The Balaban J connectivity index is 2.11. The molecule has 2 rings (SSSR count). The number of hydrogen-bond donors (Lipinski definition) is 0. The van der Waals surface area contributed by atoms with E-state index in [0.717, 1.165) is 11.3 Å². The Bertz CT molecular complexity index is 743. The zero-order chi connectivity index (χ0) is 18.2. The van der Waals surface area contributed by atoms with Crippen molar-refractivity contribution < 1.29 is 23.0 Å². The first-order chi connectivity index (χ1) is 12.0. The molecular formula is C19H18F2O3S. The first-order valence-electron chi connectivity index (χ1n) is 7.61. The number of hydrogen-bond acceptors (Lipinski definition) is 4. The molecule has 132 valence electrons. The zero-order valence-electron chi connectivity index (χ0n) is 13.9. The van der Waals surface area contributed by atoms with Gasteiger partial charge in [0, 0.05) is 5.56 Å². The number of ketones is 1. The summed E-state index contributed by atoms with van der Waals surface area (Å²) in [6.45, 7) is 2.50. The minimum absolute atomic E-state index is 0.235. The molecule has 0 fully saturated rings. The quantitative estimate of drug-likeness (QED) is 0.361. The molecule has 0 aliphatic rings. The summed E-state index contributed by atoms with van der Waals surface area (Å²) < 4.78 is 35.5. The third-order valence-corrected chi connectivity index (χ3v) is 4.05. The van der Waals surface area contributed by atoms with Crippen LogP contribution in [0.15, 0.2) is 53.4 Å². The summed E-state index contributed by atoms with van der Waals surface area (Å²) in [4.78, 5) is 12.6. The second kappa shape index (κ2) is 9.22. The number of carbonyl (C=O) groups excluding carboxylic acids is 1. The second-order valence-corrected chi connectivity index (χ2v) is 5.98. The van der Waals surface area contributed by atoms with Crippen LogP contribution in [0.1, 0.15) is 22.8 Å². The first-order valence-corrected chi connectivity index (χ1v) is 8.49. The highest BCUT2D eigenvalue weighted by molar-refractivity contribution is 7.99. The van der Waals surface area contributed by atoms with Crippen LogP contribution >= 0.6 is 11.8 Å². The average Bonchev–Trinajstić information content (AvgIpc) is 2.61. The van der Waals surface area contributed by atoms with Gasteiger partial charge in [0.15, 0.2) is 5.78 Å². The fourth-order valence-electron chi connectivity index (χ4n) is 2.12. The summed E-state index contributed by atoms with van der Waals surface area (Å²) >= 11 is 0.386. The molecule has 0 unspecified atom stereocenters. The smallest absolute Gasteiger partial charge is 0.289 e. The molecule has 0 aliphatic heterocycles. The number of carbonyl (C=O) groups is 1. The van der Waals surface area contributed by atoms with Crippen molar-refractivity contribution in [1.82, 2.24) is 0 Å². The molecule has 0 amide bonds. The van der Waals surface area contributed by atoms with Crippen molar-refractivity contribution in [3.8, 4) is 11.5 Å². The van der Waals surface area contributed by atoms with Crippen LogP contribution in [0, 0.1) is 0 Å².